The minimum absolute atomic E-state index is 0. The van der Waals surface area contributed by atoms with Gasteiger partial charge in [0, 0.05) is 0 Å². The van der Waals surface area contributed by atoms with Crippen LogP contribution < -0.4 is 21.3 Å². The first-order valence-corrected chi connectivity index (χ1v) is 4.17. The van der Waals surface area contributed by atoms with Gasteiger partial charge in [-0.1, -0.05) is 0 Å². The lowest BCUT2D eigenvalue weighted by Crippen LogP contribution is -2.24. The van der Waals surface area contributed by atoms with Crippen molar-refractivity contribution in [1.82, 2.24) is 9.97 Å². The highest BCUT2D eigenvalue weighted by Crippen LogP contribution is 1.88. The summed E-state index contributed by atoms with van der Waals surface area (Å²) in [5.74, 6) is 0.235. The molecule has 0 spiro atoms. The number of H-pyrrole nitrogens is 4. The maximum absolute atomic E-state index is 11.1. The lowest BCUT2D eigenvalue weighted by Gasteiger charge is -1.81. The minimum Gasteiger partial charge on any atom is -0.412 e. The zero-order chi connectivity index (χ0) is 15.0. The molecule has 120 valence electrons. The number of anilines is 1. The van der Waals surface area contributed by atoms with Crippen LogP contribution in [0.4, 0.5) is 5.95 Å². The Bertz CT molecular complexity index is 600. The summed E-state index contributed by atoms with van der Waals surface area (Å²) in [6.07, 6.45) is 1.55. The van der Waals surface area contributed by atoms with Gasteiger partial charge >= 0.3 is 22.7 Å². The fraction of sp³-hybridized carbons (Fsp3) is 0. The van der Waals surface area contributed by atoms with E-state index in [2.05, 4.69) is 19.9 Å². The van der Waals surface area contributed by atoms with Crippen molar-refractivity contribution in [1.29, 1.82) is 0 Å². The third kappa shape index (κ3) is 10.1. The number of fused-ring (bicyclic) bond motifs is 1. The van der Waals surface area contributed by atoms with Crippen molar-refractivity contribution in [2.24, 2.45) is 0 Å². The fourth-order valence-corrected chi connectivity index (χ4v) is 0.953. The molecule has 0 aliphatic heterocycles. The van der Waals surface area contributed by atoms with Crippen LogP contribution in [-0.2, 0) is 0 Å². The summed E-state index contributed by atoms with van der Waals surface area (Å²) in [4.78, 5) is 38.2. The summed E-state index contributed by atoms with van der Waals surface area (Å²) in [5.41, 5.74) is 6.15. The van der Waals surface area contributed by atoms with E-state index in [1.165, 1.54) is 0 Å². The van der Waals surface area contributed by atoms with Crippen LogP contribution in [0.3, 0.4) is 0 Å². The Hall–Kier alpha value is -3.53. The van der Waals surface area contributed by atoms with Crippen LogP contribution in [0.15, 0.2) is 11.1 Å². The predicted molar refractivity (Wildman–Crippen MR) is 64.4 cm³/mol. The van der Waals surface area contributed by atoms with E-state index in [-0.39, 0.29) is 22.5 Å². The first-order chi connectivity index (χ1) is 8.73. The standard InChI is InChI=1S/C5H5N5O.2NO3.2H2O/c6-5-9-3-2(4(11)10-5)7-1-8-3;2*2-1(3)4;;/h1H,(H4,6,7,8,9,10,11);;;2*1H2/q;2*-1;;/p+2. The van der Waals surface area contributed by atoms with Gasteiger partial charge in [0.2, 0.25) is 0 Å². The number of nitrogens with zero attached hydrogens (tertiary/aromatic N) is 2. The second-order valence-electron chi connectivity index (χ2n) is 2.62. The maximum Gasteiger partial charge on any atom is 0.400 e. The molecule has 0 unspecified atom stereocenters. The topological polar surface area (TPSA) is 298 Å². The minimum atomic E-state index is -1.75. The molecule has 21 heavy (non-hydrogen) atoms. The largest absolute Gasteiger partial charge is 0.412 e. The van der Waals surface area contributed by atoms with Gasteiger partial charge in [0.05, 0.1) is 10.2 Å². The molecular formula is C5H11N7O9. The normalized spacial score (nSPS) is 7.81. The SMILES string of the molecule is Nc1[nH]c(=O)c2[nH]c[nH+]c2[nH+]1.O.O.O=[N+]([O-])[O-].O=[N+]([O-])[O-]. The van der Waals surface area contributed by atoms with Gasteiger partial charge in [-0.3, -0.25) is 9.78 Å². The maximum atomic E-state index is 11.1. The zero-order valence-corrected chi connectivity index (χ0v) is 9.91. The molecule has 10 N–H and O–H groups in total. The Morgan fingerprint density at radius 1 is 1.10 bits per heavy atom. The molecule has 0 saturated heterocycles. The molecule has 0 amide bonds. The molecule has 2 rings (SSSR count). The van der Waals surface area contributed by atoms with Crippen LogP contribution in [0.1, 0.15) is 0 Å². The van der Waals surface area contributed by atoms with Gasteiger partial charge in [-0.2, -0.15) is 9.97 Å². The second kappa shape index (κ2) is 10.4. The third-order valence-electron chi connectivity index (χ3n) is 1.42. The van der Waals surface area contributed by atoms with Gasteiger partial charge in [-0.15, -0.1) is 0 Å². The summed E-state index contributed by atoms with van der Waals surface area (Å²) >= 11 is 0. The number of nitrogens with two attached hydrogens (primary N) is 1. The summed E-state index contributed by atoms with van der Waals surface area (Å²) in [7, 11) is 0. The van der Waals surface area contributed by atoms with Gasteiger partial charge in [-0.05, 0) is 0 Å². The highest BCUT2D eigenvalue weighted by atomic mass is 16.9. The highest BCUT2D eigenvalue weighted by Gasteiger charge is 2.14. The molecule has 0 bridgehead atoms. The number of aromatic nitrogens is 4. The van der Waals surface area contributed by atoms with Crippen LogP contribution in [0.5, 0.6) is 0 Å². The van der Waals surface area contributed by atoms with Crippen molar-refractivity contribution in [3.63, 3.8) is 0 Å². The molecule has 0 fully saturated rings. The monoisotopic (exact) mass is 313 g/mol. The molecule has 0 aliphatic rings. The van der Waals surface area contributed by atoms with Crippen molar-refractivity contribution in [2.75, 3.05) is 5.73 Å². The Labute approximate surface area is 112 Å². The molecule has 0 atom stereocenters. The van der Waals surface area contributed by atoms with Crippen molar-refractivity contribution >= 4 is 17.1 Å². The van der Waals surface area contributed by atoms with Gasteiger partial charge in [0.1, 0.15) is 0 Å². The number of aromatic amines is 4. The Balaban J connectivity index is -0.000000280. The summed E-state index contributed by atoms with van der Waals surface area (Å²) in [6, 6.07) is 0. The fourth-order valence-electron chi connectivity index (χ4n) is 0.953. The van der Waals surface area contributed by atoms with E-state index in [0.29, 0.717) is 11.2 Å². The van der Waals surface area contributed by atoms with E-state index in [1.54, 1.807) is 6.33 Å². The molecular weight excluding hydrogens is 302 g/mol. The van der Waals surface area contributed by atoms with Gasteiger partial charge in [0.15, 0.2) is 0 Å². The zero-order valence-electron chi connectivity index (χ0n) is 9.91. The lowest BCUT2D eigenvalue weighted by atomic mass is 10.5. The quantitative estimate of drug-likeness (QED) is 0.316. The highest BCUT2D eigenvalue weighted by molar-refractivity contribution is 5.60. The van der Waals surface area contributed by atoms with Crippen LogP contribution in [-0.4, -0.2) is 31.1 Å². The van der Waals surface area contributed by atoms with Crippen molar-refractivity contribution in [2.45, 2.75) is 0 Å². The molecule has 16 nitrogen and oxygen atoms in total. The first kappa shape index (κ1) is 22.6. The number of nitrogens with one attached hydrogen (secondary N) is 4. The van der Waals surface area contributed by atoms with Gasteiger partial charge < -0.3 is 47.3 Å². The number of hydrogen-bond acceptors (Lipinski definition) is 8. The molecule has 2 aromatic rings. The van der Waals surface area contributed by atoms with Crippen LogP contribution >= 0.6 is 0 Å². The molecule has 2 aromatic heterocycles. The van der Waals surface area contributed by atoms with Crippen molar-refractivity contribution in [3.8, 4) is 0 Å². The molecule has 2 heterocycles. The second-order valence-corrected chi connectivity index (χ2v) is 2.62. The molecule has 0 saturated carbocycles. The number of rotatable bonds is 0. The number of nitrogen functional groups attached to an aromatic ring is 1. The van der Waals surface area contributed by atoms with Crippen LogP contribution in [0, 0.1) is 30.6 Å². The predicted octanol–water partition coefficient (Wildman–Crippen LogP) is -4.06. The third-order valence-corrected chi connectivity index (χ3v) is 1.42. The number of imidazole rings is 1. The van der Waals surface area contributed by atoms with E-state index in [9.17, 15) is 4.79 Å². The molecule has 0 aliphatic carbocycles. The molecule has 16 heteroatoms. The van der Waals surface area contributed by atoms with Crippen molar-refractivity contribution < 1.29 is 31.1 Å². The summed E-state index contributed by atoms with van der Waals surface area (Å²) in [6.45, 7) is 0. The first-order valence-electron chi connectivity index (χ1n) is 4.17. The Morgan fingerprint density at radius 2 is 1.52 bits per heavy atom. The molecule has 0 radical (unpaired) electrons. The van der Waals surface area contributed by atoms with E-state index in [1.807, 2.05) is 0 Å². The summed E-state index contributed by atoms with van der Waals surface area (Å²) < 4.78 is 0. The average Bonchev–Trinajstić information content (AvgIpc) is 2.63. The summed E-state index contributed by atoms with van der Waals surface area (Å²) in [5, 5.41) is 29.5. The smallest absolute Gasteiger partial charge is 0.400 e. The van der Waals surface area contributed by atoms with E-state index in [4.69, 9.17) is 36.4 Å². The van der Waals surface area contributed by atoms with E-state index in [0.717, 1.165) is 0 Å². The van der Waals surface area contributed by atoms with Crippen LogP contribution in [0.25, 0.3) is 11.2 Å². The van der Waals surface area contributed by atoms with Crippen molar-refractivity contribution in [3.05, 3.63) is 47.3 Å². The van der Waals surface area contributed by atoms with Gasteiger partial charge in [-0.25, -0.2) is 4.98 Å². The Kier molecular flexibility index (Phi) is 11.2. The molecule has 0 aromatic carbocycles. The average molecular weight is 313 g/mol. The van der Waals surface area contributed by atoms with E-state index >= 15 is 0 Å². The van der Waals surface area contributed by atoms with E-state index < -0.39 is 10.2 Å². The Morgan fingerprint density at radius 3 is 1.95 bits per heavy atom. The lowest BCUT2D eigenvalue weighted by molar-refractivity contribution is -0.461. The van der Waals surface area contributed by atoms with Crippen LogP contribution in [0.2, 0.25) is 0 Å². The number of hydrogen-bond donors (Lipinski definition) is 3. The van der Waals surface area contributed by atoms with Gasteiger partial charge in [0.25, 0.3) is 6.33 Å².